The monoisotopic (exact) mass is 464 g/mol. The van der Waals surface area contributed by atoms with Gasteiger partial charge in [0.15, 0.2) is 6.04 Å². The summed E-state index contributed by atoms with van der Waals surface area (Å²) in [7, 11) is 3.15. The highest BCUT2D eigenvalue weighted by molar-refractivity contribution is 6.32. The third kappa shape index (κ3) is 4.83. The summed E-state index contributed by atoms with van der Waals surface area (Å²) in [5, 5.41) is 3.42. The zero-order valence-corrected chi connectivity index (χ0v) is 18.9. The highest BCUT2D eigenvalue weighted by Crippen LogP contribution is 2.28. The number of amides is 2. The Labute approximate surface area is 196 Å². The maximum absolute atomic E-state index is 13.0. The van der Waals surface area contributed by atoms with Crippen LogP contribution >= 0.6 is 11.6 Å². The van der Waals surface area contributed by atoms with Gasteiger partial charge in [-0.25, -0.2) is 0 Å². The third-order valence-corrected chi connectivity index (χ3v) is 5.76. The maximum atomic E-state index is 13.0. The molecule has 0 unspecified atom stereocenters. The van der Waals surface area contributed by atoms with Crippen molar-refractivity contribution in [3.8, 4) is 11.5 Å². The first-order chi connectivity index (χ1) is 16.0. The molecule has 1 heterocycles. The van der Waals surface area contributed by atoms with Gasteiger partial charge in [-0.1, -0.05) is 23.7 Å². The quantitative estimate of drug-likeness (QED) is 0.548. The second-order valence-electron chi connectivity index (χ2n) is 7.43. The highest BCUT2D eigenvalue weighted by Gasteiger charge is 2.47. The van der Waals surface area contributed by atoms with Crippen LogP contribution < -0.4 is 20.2 Å². The number of rotatable bonds is 6. The van der Waals surface area contributed by atoms with Gasteiger partial charge in [-0.05, 0) is 60.7 Å². The predicted molar refractivity (Wildman–Crippen MR) is 125 cm³/mol. The van der Waals surface area contributed by atoms with Crippen LogP contribution in [0.3, 0.4) is 0 Å². The lowest BCUT2D eigenvalue weighted by Gasteiger charge is -2.15. The number of hydrazone groups is 1. The largest absolute Gasteiger partial charge is 0.497 e. The van der Waals surface area contributed by atoms with Gasteiger partial charge in [-0.2, -0.15) is 0 Å². The molecule has 2 amide bonds. The van der Waals surface area contributed by atoms with Crippen molar-refractivity contribution in [2.75, 3.05) is 14.2 Å². The van der Waals surface area contributed by atoms with Crippen molar-refractivity contribution in [3.05, 3.63) is 94.5 Å². The summed E-state index contributed by atoms with van der Waals surface area (Å²) in [4.78, 5) is 25.9. The summed E-state index contributed by atoms with van der Waals surface area (Å²) in [5.74, 6) is 0.634. The number of methoxy groups -OCH3 is 2. The number of hydrogen-bond donors (Lipinski definition) is 2. The first-order valence-electron chi connectivity index (χ1n) is 10.3. The fraction of sp³-hybridized carbons (Fsp3) is 0.160. The van der Waals surface area contributed by atoms with Crippen molar-refractivity contribution in [1.82, 2.24) is 10.7 Å². The SMILES string of the molecule is COc1ccc(C(=O)N[C@@H]2C(=O)N/[N+](=C\c3ccccc3Cl)[C@H]2c2ccc(OC)cc2)cc1. The van der Waals surface area contributed by atoms with E-state index in [0.29, 0.717) is 22.1 Å². The zero-order valence-electron chi connectivity index (χ0n) is 18.1. The Bertz CT molecular complexity index is 1190. The molecule has 0 aromatic heterocycles. The smallest absolute Gasteiger partial charge is 0.304 e. The van der Waals surface area contributed by atoms with Crippen LogP contribution in [0.5, 0.6) is 11.5 Å². The van der Waals surface area contributed by atoms with E-state index < -0.39 is 12.1 Å². The van der Waals surface area contributed by atoms with E-state index in [2.05, 4.69) is 10.7 Å². The van der Waals surface area contributed by atoms with Crippen molar-refractivity contribution in [3.63, 3.8) is 0 Å². The van der Waals surface area contributed by atoms with E-state index in [1.807, 2.05) is 42.5 Å². The molecule has 168 valence electrons. The van der Waals surface area contributed by atoms with Crippen molar-refractivity contribution in [2.45, 2.75) is 12.1 Å². The molecule has 8 heteroatoms. The number of halogens is 1. The molecule has 0 radical (unpaired) electrons. The van der Waals surface area contributed by atoms with Gasteiger partial charge in [0, 0.05) is 11.1 Å². The predicted octanol–water partition coefficient (Wildman–Crippen LogP) is 3.37. The van der Waals surface area contributed by atoms with Gasteiger partial charge in [0.25, 0.3) is 5.91 Å². The summed E-state index contributed by atoms with van der Waals surface area (Å²) in [6.45, 7) is 0. The van der Waals surface area contributed by atoms with Crippen LogP contribution in [-0.4, -0.2) is 43.0 Å². The number of nitrogens with one attached hydrogen (secondary N) is 2. The van der Waals surface area contributed by atoms with Crippen LogP contribution in [0.15, 0.2) is 72.8 Å². The van der Waals surface area contributed by atoms with Crippen molar-refractivity contribution >= 4 is 29.6 Å². The second kappa shape index (κ2) is 9.75. The molecule has 2 atom stereocenters. The van der Waals surface area contributed by atoms with Gasteiger partial charge < -0.3 is 14.8 Å². The van der Waals surface area contributed by atoms with Crippen LogP contribution in [0.2, 0.25) is 5.02 Å². The lowest BCUT2D eigenvalue weighted by molar-refractivity contribution is -0.596. The molecule has 1 fully saturated rings. The number of benzene rings is 3. The summed E-state index contributed by atoms with van der Waals surface area (Å²) in [5.41, 5.74) is 4.82. The molecule has 1 aliphatic heterocycles. The van der Waals surface area contributed by atoms with Crippen LogP contribution in [0.25, 0.3) is 0 Å². The Kier molecular flexibility index (Phi) is 6.60. The van der Waals surface area contributed by atoms with E-state index in [1.165, 1.54) is 0 Å². The second-order valence-corrected chi connectivity index (χ2v) is 7.84. The summed E-state index contributed by atoms with van der Waals surface area (Å²) < 4.78 is 12.1. The van der Waals surface area contributed by atoms with Gasteiger partial charge in [-0.15, -0.1) is 10.1 Å². The van der Waals surface area contributed by atoms with Crippen LogP contribution in [0, 0.1) is 0 Å². The molecule has 0 aliphatic carbocycles. The molecule has 4 rings (SSSR count). The Balaban J connectivity index is 1.69. The van der Waals surface area contributed by atoms with Gasteiger partial charge in [0.2, 0.25) is 12.3 Å². The molecular weight excluding hydrogens is 442 g/mol. The van der Waals surface area contributed by atoms with E-state index in [1.54, 1.807) is 55.5 Å². The Morgan fingerprint density at radius 2 is 1.58 bits per heavy atom. The molecule has 7 nitrogen and oxygen atoms in total. The summed E-state index contributed by atoms with van der Waals surface area (Å²) in [6.07, 6.45) is 1.76. The van der Waals surface area contributed by atoms with E-state index >= 15 is 0 Å². The fourth-order valence-corrected chi connectivity index (χ4v) is 3.86. The molecule has 0 spiro atoms. The van der Waals surface area contributed by atoms with E-state index in [9.17, 15) is 9.59 Å². The number of hydrogen-bond acceptors (Lipinski definition) is 4. The Morgan fingerprint density at radius 1 is 0.970 bits per heavy atom. The molecule has 3 aromatic rings. The van der Waals surface area contributed by atoms with E-state index in [0.717, 1.165) is 11.1 Å². The van der Waals surface area contributed by atoms with Gasteiger partial charge in [0.1, 0.15) is 11.5 Å². The first kappa shape index (κ1) is 22.4. The van der Waals surface area contributed by atoms with Crippen LogP contribution in [0.1, 0.15) is 27.5 Å². The van der Waals surface area contributed by atoms with Gasteiger partial charge in [-0.3, -0.25) is 9.59 Å². The first-order valence-corrected chi connectivity index (χ1v) is 10.6. The molecule has 1 aliphatic rings. The van der Waals surface area contributed by atoms with E-state index in [4.69, 9.17) is 21.1 Å². The van der Waals surface area contributed by atoms with Gasteiger partial charge in [0.05, 0.1) is 24.8 Å². The summed E-state index contributed by atoms with van der Waals surface area (Å²) >= 11 is 6.33. The molecule has 0 bridgehead atoms. The standard InChI is InChI=1S/C25H22ClN3O4/c1-32-19-11-7-16(8-12-19)23-22(27-24(30)17-9-13-20(33-2)14-10-17)25(31)28-29(23)15-18-5-3-4-6-21(18)26/h3-15,22-23H,1-2H3,(H-,27,28,30,31)/p+1/b29-15-/t22-,23-/m0/s1. The third-order valence-electron chi connectivity index (χ3n) is 5.42. The molecule has 33 heavy (non-hydrogen) atoms. The van der Waals surface area contributed by atoms with Crippen molar-refractivity contribution in [2.24, 2.45) is 0 Å². The Hall–Kier alpha value is -3.84. The highest BCUT2D eigenvalue weighted by atomic mass is 35.5. The molecule has 3 aromatic carbocycles. The van der Waals surface area contributed by atoms with Crippen LogP contribution in [-0.2, 0) is 4.79 Å². The molecule has 2 N–H and O–H groups in total. The topological polar surface area (TPSA) is 79.7 Å². The number of carbonyl (C=O) groups excluding carboxylic acids is 2. The number of ether oxygens (including phenoxy) is 2. The average molecular weight is 465 g/mol. The van der Waals surface area contributed by atoms with Gasteiger partial charge >= 0.3 is 5.91 Å². The summed E-state index contributed by atoms with van der Waals surface area (Å²) in [6, 6.07) is 20.0. The lowest BCUT2D eigenvalue weighted by atomic mass is 9.99. The zero-order chi connectivity index (χ0) is 23.4. The fourth-order valence-electron chi connectivity index (χ4n) is 3.68. The minimum atomic E-state index is -0.841. The average Bonchev–Trinajstić information content (AvgIpc) is 3.14. The van der Waals surface area contributed by atoms with Crippen molar-refractivity contribution in [1.29, 1.82) is 0 Å². The number of nitrogens with zero attached hydrogens (tertiary/aromatic N) is 1. The molecule has 1 saturated heterocycles. The lowest BCUT2D eigenvalue weighted by Crippen LogP contribution is -2.42. The van der Waals surface area contributed by atoms with Crippen LogP contribution in [0.4, 0.5) is 0 Å². The van der Waals surface area contributed by atoms with E-state index in [-0.39, 0.29) is 11.8 Å². The molecule has 0 saturated carbocycles. The minimum Gasteiger partial charge on any atom is -0.497 e. The Morgan fingerprint density at radius 3 is 2.18 bits per heavy atom. The number of carbonyl (C=O) groups is 2. The molecular formula is C25H23ClN3O4+. The number of hydrazine groups is 1. The van der Waals surface area contributed by atoms with Crippen molar-refractivity contribution < 1.29 is 23.7 Å². The minimum absolute atomic E-state index is 0.332. The maximum Gasteiger partial charge on any atom is 0.304 e. The normalized spacial score (nSPS) is 18.6.